The van der Waals surface area contributed by atoms with Crippen molar-refractivity contribution in [1.82, 2.24) is 14.5 Å². The van der Waals surface area contributed by atoms with Gasteiger partial charge in [-0.2, -0.15) is 19.0 Å². The second-order valence-corrected chi connectivity index (χ2v) is 4.91. The molecule has 1 aliphatic heterocycles. The summed E-state index contributed by atoms with van der Waals surface area (Å²) in [5.74, 6) is 0.0160. The smallest absolute Gasteiger partial charge is 0.312 e. The number of aromatic nitrogens is 3. The van der Waals surface area contributed by atoms with Crippen LogP contribution in [0.3, 0.4) is 0 Å². The van der Waals surface area contributed by atoms with E-state index in [0.29, 0.717) is 5.39 Å². The first-order chi connectivity index (χ1) is 10.9. The Bertz CT molecular complexity index is 673. The molecular formula is C11H18FN4O7P. The third kappa shape index (κ3) is 3.94. The Morgan fingerprint density at radius 1 is 1.38 bits per heavy atom. The highest BCUT2D eigenvalue weighted by atomic mass is 31.0. The first-order valence-electron chi connectivity index (χ1n) is 6.38. The third-order valence-electron chi connectivity index (χ3n) is 3.37. The maximum Gasteiger partial charge on any atom is 0.312 e. The predicted molar refractivity (Wildman–Crippen MR) is 81.6 cm³/mol. The molecule has 0 saturated carbocycles. The number of hydrogen-bond acceptors (Lipinski definition) is 9. The molecule has 3 rings (SSSR count). The quantitative estimate of drug-likeness (QED) is 0.228. The highest BCUT2D eigenvalue weighted by molar-refractivity contribution is 7.09. The lowest BCUT2D eigenvalue weighted by Gasteiger charge is -2.17. The minimum Gasteiger partial charge on any atom is -0.412 e. The van der Waals surface area contributed by atoms with Crippen LogP contribution in [0, 0.1) is 6.08 Å². The van der Waals surface area contributed by atoms with Crippen LogP contribution in [0.1, 0.15) is 13.2 Å². The van der Waals surface area contributed by atoms with Crippen LogP contribution < -0.4 is 5.73 Å². The SMILES string of the molecule is C[C@H]1O[C@@H](n2ccc3c(N)nc(F)nc32)[C@H](O)C1O.O.OOOP. The molecule has 2 unspecified atom stereocenters. The second-order valence-electron chi connectivity index (χ2n) is 4.72. The Labute approximate surface area is 137 Å². The van der Waals surface area contributed by atoms with E-state index in [1.54, 1.807) is 28.7 Å². The van der Waals surface area contributed by atoms with Gasteiger partial charge in [0.25, 0.3) is 0 Å². The number of nitrogen functional groups attached to an aromatic ring is 1. The lowest BCUT2D eigenvalue weighted by Crippen LogP contribution is -2.30. The fourth-order valence-corrected chi connectivity index (χ4v) is 2.29. The molecule has 1 fully saturated rings. The summed E-state index contributed by atoms with van der Waals surface area (Å²) in [6.07, 6.45) is -2.88. The molecule has 2 aromatic heterocycles. The number of hydrogen-bond donors (Lipinski definition) is 4. The highest BCUT2D eigenvalue weighted by Gasteiger charge is 2.41. The van der Waals surface area contributed by atoms with E-state index in [1.807, 2.05) is 0 Å². The van der Waals surface area contributed by atoms with Gasteiger partial charge in [-0.3, -0.25) is 0 Å². The monoisotopic (exact) mass is 368 g/mol. The molecule has 7 N–H and O–H groups in total. The van der Waals surface area contributed by atoms with E-state index in [4.69, 9.17) is 15.7 Å². The molecule has 0 amide bonds. The molecule has 11 nitrogen and oxygen atoms in total. The van der Waals surface area contributed by atoms with E-state index in [1.165, 1.54) is 4.57 Å². The van der Waals surface area contributed by atoms with Crippen LogP contribution in [-0.4, -0.2) is 53.8 Å². The largest absolute Gasteiger partial charge is 0.412 e. The number of fused-ring (bicyclic) bond motifs is 1. The standard InChI is InChI=1S/C11H13FN4O3.H3O3P.H2O/c1-4-6(17)7(18)10(19-4)16-3-2-5-8(13)14-11(12)15-9(5)16;1-2-3-4;/h2-4,6-7,10,17-18H,1H3,(H2,13,14,15);1H,4H2;1H2/t4-,6?,7-,10-;;/m1../s1. The van der Waals surface area contributed by atoms with Gasteiger partial charge in [0.05, 0.1) is 11.5 Å². The number of halogens is 1. The third-order valence-corrected chi connectivity index (χ3v) is 3.45. The van der Waals surface area contributed by atoms with E-state index in [9.17, 15) is 14.6 Å². The van der Waals surface area contributed by atoms with Crippen LogP contribution in [0.25, 0.3) is 11.0 Å². The van der Waals surface area contributed by atoms with Crippen LogP contribution >= 0.6 is 9.47 Å². The van der Waals surface area contributed by atoms with Crippen molar-refractivity contribution in [3.05, 3.63) is 18.3 Å². The fraction of sp³-hybridized carbons (Fsp3) is 0.455. The van der Waals surface area contributed by atoms with Crippen LogP contribution in [0.15, 0.2) is 12.3 Å². The second kappa shape index (κ2) is 8.55. The van der Waals surface area contributed by atoms with Crippen molar-refractivity contribution in [3.8, 4) is 0 Å². The Hall–Kier alpha value is -1.50. The summed E-state index contributed by atoms with van der Waals surface area (Å²) in [7, 11) is 1.68. The summed E-state index contributed by atoms with van der Waals surface area (Å²) < 4.78 is 23.6. The van der Waals surface area contributed by atoms with Crippen molar-refractivity contribution >= 4 is 26.3 Å². The average molecular weight is 368 g/mol. The van der Waals surface area contributed by atoms with Gasteiger partial charge in [0.2, 0.25) is 0 Å². The Morgan fingerprint density at radius 2 is 2.00 bits per heavy atom. The van der Waals surface area contributed by atoms with E-state index >= 15 is 0 Å². The van der Waals surface area contributed by atoms with Crippen molar-refractivity contribution in [3.63, 3.8) is 0 Å². The van der Waals surface area contributed by atoms with Crippen LogP contribution in [0.2, 0.25) is 0 Å². The van der Waals surface area contributed by atoms with Gasteiger partial charge >= 0.3 is 6.08 Å². The van der Waals surface area contributed by atoms with Gasteiger partial charge in [0, 0.05) is 15.7 Å². The Morgan fingerprint density at radius 3 is 2.50 bits per heavy atom. The fourth-order valence-electron chi connectivity index (χ4n) is 2.29. The first kappa shape index (κ1) is 20.5. The predicted octanol–water partition coefficient (Wildman–Crippen LogP) is -0.835. The molecule has 0 spiro atoms. The summed E-state index contributed by atoms with van der Waals surface area (Å²) in [5, 5.41) is 30.2. The van der Waals surface area contributed by atoms with E-state index < -0.39 is 30.6 Å². The minimum atomic E-state index is -1.12. The molecule has 0 aromatic carbocycles. The van der Waals surface area contributed by atoms with Crippen LogP contribution in [0.4, 0.5) is 10.2 Å². The topological polar surface area (TPSA) is 177 Å². The highest BCUT2D eigenvalue weighted by Crippen LogP contribution is 2.32. The van der Waals surface area contributed by atoms with Crippen LogP contribution in [-0.2, 0) is 14.4 Å². The Balaban J connectivity index is 0.000000522. The summed E-state index contributed by atoms with van der Waals surface area (Å²) >= 11 is 0. The molecule has 5 atom stereocenters. The average Bonchev–Trinajstić information content (AvgIpc) is 3.04. The lowest BCUT2D eigenvalue weighted by atomic mass is 10.1. The molecule has 1 saturated heterocycles. The number of aliphatic hydroxyl groups is 2. The molecule has 13 heteroatoms. The molecular weight excluding hydrogens is 350 g/mol. The number of nitrogens with two attached hydrogens (primary N) is 1. The zero-order valence-corrected chi connectivity index (χ0v) is 13.6. The number of ether oxygens (including phenoxy) is 1. The van der Waals surface area contributed by atoms with E-state index in [0.717, 1.165) is 0 Å². The van der Waals surface area contributed by atoms with Gasteiger partial charge in [-0.25, -0.2) is 5.26 Å². The number of nitrogens with zero attached hydrogens (tertiary/aromatic N) is 3. The zero-order valence-electron chi connectivity index (χ0n) is 12.4. The van der Waals surface area contributed by atoms with Crippen molar-refractivity contribution in [2.75, 3.05) is 5.73 Å². The summed E-state index contributed by atoms with van der Waals surface area (Å²) in [5.41, 5.74) is 5.82. The van der Waals surface area contributed by atoms with Crippen molar-refractivity contribution in [1.29, 1.82) is 0 Å². The molecule has 1 aliphatic rings. The maximum absolute atomic E-state index is 13.2. The molecule has 0 radical (unpaired) electrons. The molecule has 3 heterocycles. The van der Waals surface area contributed by atoms with E-state index in [-0.39, 0.29) is 16.9 Å². The van der Waals surface area contributed by atoms with Gasteiger partial charge < -0.3 is 30.7 Å². The summed E-state index contributed by atoms with van der Waals surface area (Å²) in [6, 6.07) is 1.61. The lowest BCUT2D eigenvalue weighted by molar-refractivity contribution is -0.433. The van der Waals surface area contributed by atoms with Crippen molar-refractivity contribution in [2.45, 2.75) is 31.5 Å². The first-order valence-corrected chi connectivity index (χ1v) is 6.86. The maximum atomic E-state index is 13.2. The molecule has 0 bridgehead atoms. The van der Waals surface area contributed by atoms with Crippen LogP contribution in [0.5, 0.6) is 0 Å². The molecule has 0 aliphatic carbocycles. The van der Waals surface area contributed by atoms with Crippen molar-refractivity contribution < 1.29 is 39.8 Å². The zero-order chi connectivity index (χ0) is 17.1. The molecule has 24 heavy (non-hydrogen) atoms. The number of anilines is 1. The van der Waals surface area contributed by atoms with Gasteiger partial charge in [-0.1, -0.05) is 5.04 Å². The van der Waals surface area contributed by atoms with Gasteiger partial charge in [-0.05, 0) is 13.0 Å². The molecule has 136 valence electrons. The van der Waals surface area contributed by atoms with Gasteiger partial charge in [0.1, 0.15) is 18.0 Å². The minimum absolute atomic E-state index is 0. The van der Waals surface area contributed by atoms with E-state index in [2.05, 4.69) is 19.7 Å². The van der Waals surface area contributed by atoms with Gasteiger partial charge in [0.15, 0.2) is 11.9 Å². The summed E-state index contributed by atoms with van der Waals surface area (Å²) in [4.78, 5) is 7.08. The number of rotatable bonds is 2. The summed E-state index contributed by atoms with van der Waals surface area (Å²) in [6.45, 7) is 1.64. The number of aliphatic hydroxyl groups excluding tert-OH is 2. The molecule has 2 aromatic rings. The Kier molecular flexibility index (Phi) is 7.32. The van der Waals surface area contributed by atoms with Crippen molar-refractivity contribution in [2.24, 2.45) is 0 Å². The van der Waals surface area contributed by atoms with Gasteiger partial charge in [-0.15, -0.1) is 0 Å². The normalized spacial score (nSPS) is 25.9.